The molecule has 0 radical (unpaired) electrons. The molecule has 0 saturated carbocycles. The molecule has 7 heteroatoms. The highest BCUT2D eigenvalue weighted by Crippen LogP contribution is 2.30. The summed E-state index contributed by atoms with van der Waals surface area (Å²) in [5, 5.41) is 4.08. The van der Waals surface area contributed by atoms with E-state index in [1.54, 1.807) is 11.8 Å². The Balaban J connectivity index is 2.42. The van der Waals surface area contributed by atoms with E-state index in [1.807, 2.05) is 13.8 Å². The molecule has 2 rings (SSSR count). The lowest BCUT2D eigenvalue weighted by Crippen LogP contribution is -2.30. The molecule has 0 spiro atoms. The van der Waals surface area contributed by atoms with Gasteiger partial charge in [-0.05, 0) is 39.0 Å². The maximum absolute atomic E-state index is 12.8. The van der Waals surface area contributed by atoms with Gasteiger partial charge in [0.05, 0.1) is 28.7 Å². The van der Waals surface area contributed by atoms with Crippen molar-refractivity contribution >= 4 is 5.91 Å². The molecule has 124 valence electrons. The summed E-state index contributed by atoms with van der Waals surface area (Å²) in [6.07, 6.45) is -3.02. The summed E-state index contributed by atoms with van der Waals surface area (Å²) in [6.45, 7) is 6.53. The zero-order valence-corrected chi connectivity index (χ0v) is 13.2. The molecule has 1 aromatic heterocycles. The minimum absolute atomic E-state index is 0.175. The standard InChI is InChI=1S/C16H18F3N3O/c1-4-21(5-2)15(23)14-10-20-22(11(14)3)13-8-6-7-12(9-13)16(17,18)19/h6-10H,4-5H2,1-3H3. The second-order valence-electron chi connectivity index (χ2n) is 5.08. The highest BCUT2D eigenvalue weighted by atomic mass is 19.4. The number of carbonyl (C=O) groups is 1. The molecule has 1 aromatic carbocycles. The van der Waals surface area contributed by atoms with Gasteiger partial charge < -0.3 is 4.90 Å². The van der Waals surface area contributed by atoms with Crippen LogP contribution >= 0.6 is 0 Å². The summed E-state index contributed by atoms with van der Waals surface area (Å²) in [5.74, 6) is -0.175. The summed E-state index contributed by atoms with van der Waals surface area (Å²) < 4.78 is 39.8. The number of hydrogen-bond acceptors (Lipinski definition) is 2. The SMILES string of the molecule is CCN(CC)C(=O)c1cnn(-c2cccc(C(F)(F)F)c2)c1C. The predicted octanol–water partition coefficient (Wildman–Crippen LogP) is 3.68. The van der Waals surface area contributed by atoms with Crippen molar-refractivity contribution in [3.05, 3.63) is 47.3 Å². The molecule has 0 atom stereocenters. The molecule has 0 aliphatic carbocycles. The van der Waals surface area contributed by atoms with Gasteiger partial charge in [0.15, 0.2) is 0 Å². The number of nitrogens with zero attached hydrogens (tertiary/aromatic N) is 3. The highest BCUT2D eigenvalue weighted by Gasteiger charge is 2.30. The molecule has 0 aliphatic rings. The minimum Gasteiger partial charge on any atom is -0.339 e. The summed E-state index contributed by atoms with van der Waals surface area (Å²) >= 11 is 0. The van der Waals surface area contributed by atoms with Gasteiger partial charge in [-0.3, -0.25) is 4.79 Å². The van der Waals surface area contributed by atoms with E-state index < -0.39 is 11.7 Å². The number of halogens is 3. The molecule has 0 unspecified atom stereocenters. The third-order valence-corrected chi connectivity index (χ3v) is 3.71. The highest BCUT2D eigenvalue weighted by molar-refractivity contribution is 5.95. The van der Waals surface area contributed by atoms with Crippen LogP contribution in [0.1, 0.15) is 35.5 Å². The minimum atomic E-state index is -4.42. The predicted molar refractivity (Wildman–Crippen MR) is 80.6 cm³/mol. The number of carbonyl (C=O) groups excluding carboxylic acids is 1. The second-order valence-corrected chi connectivity index (χ2v) is 5.08. The Morgan fingerprint density at radius 3 is 2.48 bits per heavy atom. The van der Waals surface area contributed by atoms with Crippen LogP contribution in [-0.2, 0) is 6.18 Å². The van der Waals surface area contributed by atoms with Crippen LogP contribution in [0.2, 0.25) is 0 Å². The number of amides is 1. The van der Waals surface area contributed by atoms with Gasteiger partial charge in [-0.1, -0.05) is 6.07 Å². The van der Waals surface area contributed by atoms with Crippen molar-refractivity contribution in [1.29, 1.82) is 0 Å². The molecule has 4 nitrogen and oxygen atoms in total. The zero-order chi connectivity index (χ0) is 17.2. The molecule has 1 amide bonds. The van der Waals surface area contributed by atoms with Gasteiger partial charge in [-0.25, -0.2) is 4.68 Å². The third kappa shape index (κ3) is 3.38. The molecule has 23 heavy (non-hydrogen) atoms. The van der Waals surface area contributed by atoms with Gasteiger partial charge in [0.2, 0.25) is 0 Å². The summed E-state index contributed by atoms with van der Waals surface area (Å²) in [6, 6.07) is 4.88. The van der Waals surface area contributed by atoms with E-state index in [0.29, 0.717) is 24.3 Å². The Bertz CT molecular complexity index is 703. The molecule has 0 aliphatic heterocycles. The van der Waals surface area contributed by atoms with Crippen molar-refractivity contribution in [1.82, 2.24) is 14.7 Å². The Morgan fingerprint density at radius 2 is 1.91 bits per heavy atom. The van der Waals surface area contributed by atoms with Gasteiger partial charge >= 0.3 is 6.18 Å². The Kier molecular flexibility index (Phi) is 4.77. The number of hydrogen-bond donors (Lipinski definition) is 0. The van der Waals surface area contributed by atoms with Crippen molar-refractivity contribution in [2.75, 3.05) is 13.1 Å². The Morgan fingerprint density at radius 1 is 1.26 bits per heavy atom. The number of benzene rings is 1. The number of aromatic nitrogens is 2. The van der Waals surface area contributed by atoms with Gasteiger partial charge in [0.1, 0.15) is 0 Å². The first-order chi connectivity index (χ1) is 10.8. The fourth-order valence-corrected chi connectivity index (χ4v) is 2.38. The van der Waals surface area contributed by atoms with E-state index in [2.05, 4.69) is 5.10 Å². The second kappa shape index (κ2) is 6.44. The van der Waals surface area contributed by atoms with Crippen molar-refractivity contribution in [3.8, 4) is 5.69 Å². The van der Waals surface area contributed by atoms with Crippen LogP contribution in [0.15, 0.2) is 30.5 Å². The lowest BCUT2D eigenvalue weighted by Gasteiger charge is -2.18. The molecule has 0 fully saturated rings. The molecule has 0 bridgehead atoms. The third-order valence-electron chi connectivity index (χ3n) is 3.71. The van der Waals surface area contributed by atoms with Gasteiger partial charge in [-0.15, -0.1) is 0 Å². The lowest BCUT2D eigenvalue weighted by molar-refractivity contribution is -0.137. The maximum atomic E-state index is 12.8. The van der Waals surface area contributed by atoms with Crippen LogP contribution < -0.4 is 0 Å². The van der Waals surface area contributed by atoms with Gasteiger partial charge in [-0.2, -0.15) is 18.3 Å². The summed E-state index contributed by atoms with van der Waals surface area (Å²) in [5.41, 5.74) is 0.435. The van der Waals surface area contributed by atoms with E-state index in [1.165, 1.54) is 23.0 Å². The van der Waals surface area contributed by atoms with Crippen molar-refractivity contribution in [2.24, 2.45) is 0 Å². The quantitative estimate of drug-likeness (QED) is 0.860. The monoisotopic (exact) mass is 325 g/mol. The zero-order valence-electron chi connectivity index (χ0n) is 13.2. The van der Waals surface area contributed by atoms with Crippen LogP contribution in [0, 0.1) is 6.92 Å². The average Bonchev–Trinajstić information content (AvgIpc) is 2.89. The van der Waals surface area contributed by atoms with Crippen LogP contribution in [0.25, 0.3) is 5.69 Å². The first-order valence-corrected chi connectivity index (χ1v) is 7.31. The molecule has 1 heterocycles. The van der Waals surface area contributed by atoms with Crippen LogP contribution in [0.4, 0.5) is 13.2 Å². The first kappa shape index (κ1) is 17.1. The van der Waals surface area contributed by atoms with E-state index in [0.717, 1.165) is 12.1 Å². The smallest absolute Gasteiger partial charge is 0.339 e. The molecule has 0 N–H and O–H groups in total. The Labute approximate surface area is 132 Å². The lowest BCUT2D eigenvalue weighted by atomic mass is 10.2. The van der Waals surface area contributed by atoms with Crippen molar-refractivity contribution in [2.45, 2.75) is 26.9 Å². The molecular formula is C16H18F3N3O. The summed E-state index contributed by atoms with van der Waals surface area (Å²) in [4.78, 5) is 14.0. The van der Waals surface area contributed by atoms with Crippen LogP contribution in [-0.4, -0.2) is 33.7 Å². The van der Waals surface area contributed by atoms with Gasteiger partial charge in [0.25, 0.3) is 5.91 Å². The van der Waals surface area contributed by atoms with Crippen LogP contribution in [0.5, 0.6) is 0 Å². The number of alkyl halides is 3. The summed E-state index contributed by atoms with van der Waals surface area (Å²) in [7, 11) is 0. The topological polar surface area (TPSA) is 38.1 Å². The largest absolute Gasteiger partial charge is 0.416 e. The molecule has 2 aromatic rings. The average molecular weight is 325 g/mol. The molecular weight excluding hydrogens is 307 g/mol. The van der Waals surface area contributed by atoms with E-state index in [9.17, 15) is 18.0 Å². The fourth-order valence-electron chi connectivity index (χ4n) is 2.38. The van der Waals surface area contributed by atoms with E-state index in [-0.39, 0.29) is 11.6 Å². The van der Waals surface area contributed by atoms with Gasteiger partial charge in [0, 0.05) is 13.1 Å². The van der Waals surface area contributed by atoms with Crippen LogP contribution in [0.3, 0.4) is 0 Å². The maximum Gasteiger partial charge on any atom is 0.416 e. The Hall–Kier alpha value is -2.31. The fraction of sp³-hybridized carbons (Fsp3) is 0.375. The van der Waals surface area contributed by atoms with Crippen molar-refractivity contribution < 1.29 is 18.0 Å². The van der Waals surface area contributed by atoms with E-state index in [4.69, 9.17) is 0 Å². The van der Waals surface area contributed by atoms with E-state index >= 15 is 0 Å². The first-order valence-electron chi connectivity index (χ1n) is 7.31. The molecule has 0 saturated heterocycles. The van der Waals surface area contributed by atoms with Crippen molar-refractivity contribution in [3.63, 3.8) is 0 Å². The normalized spacial score (nSPS) is 11.6. The number of rotatable bonds is 4.